The van der Waals surface area contributed by atoms with Gasteiger partial charge in [-0.25, -0.2) is 0 Å². The lowest BCUT2D eigenvalue weighted by Gasteiger charge is -2.21. The molecule has 3 N–H and O–H groups in total. The van der Waals surface area contributed by atoms with E-state index in [0.29, 0.717) is 6.42 Å². The van der Waals surface area contributed by atoms with Crippen molar-refractivity contribution < 1.29 is 4.79 Å². The van der Waals surface area contributed by atoms with E-state index in [-0.39, 0.29) is 5.91 Å². The van der Waals surface area contributed by atoms with E-state index in [4.69, 9.17) is 5.73 Å². The van der Waals surface area contributed by atoms with Crippen molar-refractivity contribution in [3.63, 3.8) is 0 Å². The lowest BCUT2D eigenvalue weighted by Crippen LogP contribution is -2.26. The normalized spacial score (nSPS) is 16.0. The molecule has 0 aromatic heterocycles. The average molecular weight is 274 g/mol. The zero-order valence-electron chi connectivity index (χ0n) is 12.2. The Morgan fingerprint density at radius 2 is 1.85 bits per heavy atom. The van der Waals surface area contributed by atoms with Gasteiger partial charge < -0.3 is 11.1 Å². The second kappa shape index (κ2) is 7.93. The summed E-state index contributed by atoms with van der Waals surface area (Å²) in [5.41, 5.74) is 7.38. The number of rotatable bonds is 6. The summed E-state index contributed by atoms with van der Waals surface area (Å²) in [5, 5.41) is 3.02. The monoisotopic (exact) mass is 274 g/mol. The standard InChI is InChI=1S/C17H26N2O/c18-16-10-8-15(9-11-16)13-17(20)19-12-4-7-14-5-2-1-3-6-14/h8-11,14H,1-7,12-13,18H2,(H,19,20). The minimum atomic E-state index is 0.110. The molecule has 0 bridgehead atoms. The van der Waals surface area contributed by atoms with Crippen LogP contribution in [0.1, 0.15) is 50.5 Å². The molecule has 0 spiro atoms. The Hall–Kier alpha value is -1.51. The van der Waals surface area contributed by atoms with Crippen molar-refractivity contribution in [2.24, 2.45) is 5.92 Å². The first-order valence-electron chi connectivity index (χ1n) is 7.85. The summed E-state index contributed by atoms with van der Waals surface area (Å²) in [5.74, 6) is 1.01. The van der Waals surface area contributed by atoms with Gasteiger partial charge in [-0.3, -0.25) is 4.79 Å². The van der Waals surface area contributed by atoms with Crippen LogP contribution < -0.4 is 11.1 Å². The van der Waals surface area contributed by atoms with Gasteiger partial charge >= 0.3 is 0 Å². The van der Waals surface area contributed by atoms with Crippen LogP contribution in [0.3, 0.4) is 0 Å². The van der Waals surface area contributed by atoms with Crippen LogP contribution in [0, 0.1) is 5.92 Å². The molecule has 0 saturated heterocycles. The second-order valence-corrected chi connectivity index (χ2v) is 5.91. The molecule has 0 radical (unpaired) electrons. The highest BCUT2D eigenvalue weighted by atomic mass is 16.1. The summed E-state index contributed by atoms with van der Waals surface area (Å²) in [6.45, 7) is 0.810. The molecule has 0 aliphatic heterocycles. The first kappa shape index (κ1) is 14.9. The molecule has 1 fully saturated rings. The van der Waals surface area contributed by atoms with Gasteiger partial charge in [0, 0.05) is 12.2 Å². The predicted octanol–water partition coefficient (Wildman–Crippen LogP) is 3.29. The number of nitrogen functional groups attached to an aromatic ring is 1. The maximum atomic E-state index is 11.8. The molecule has 0 atom stereocenters. The molecule has 1 amide bonds. The van der Waals surface area contributed by atoms with Crippen LogP contribution in [0.25, 0.3) is 0 Å². The SMILES string of the molecule is Nc1ccc(CC(=O)NCCCC2CCCCC2)cc1. The predicted molar refractivity (Wildman–Crippen MR) is 83.4 cm³/mol. The van der Waals surface area contributed by atoms with Gasteiger partial charge in [-0.15, -0.1) is 0 Å². The third-order valence-electron chi connectivity index (χ3n) is 4.18. The summed E-state index contributed by atoms with van der Waals surface area (Å²) in [6.07, 6.45) is 9.81. The number of carbonyl (C=O) groups is 1. The molecule has 110 valence electrons. The van der Waals surface area contributed by atoms with Gasteiger partial charge in [0.15, 0.2) is 0 Å². The Balaban J connectivity index is 1.59. The maximum absolute atomic E-state index is 11.8. The summed E-state index contributed by atoms with van der Waals surface area (Å²) in [7, 11) is 0. The molecule has 2 rings (SSSR count). The average Bonchev–Trinajstić information content (AvgIpc) is 2.47. The smallest absolute Gasteiger partial charge is 0.224 e. The van der Waals surface area contributed by atoms with Gasteiger partial charge in [0.25, 0.3) is 0 Å². The lowest BCUT2D eigenvalue weighted by atomic mass is 9.86. The van der Waals surface area contributed by atoms with Crippen molar-refractivity contribution in [2.75, 3.05) is 12.3 Å². The molecule has 20 heavy (non-hydrogen) atoms. The Labute approximate surface area is 121 Å². The fourth-order valence-electron chi connectivity index (χ4n) is 2.98. The van der Waals surface area contributed by atoms with Crippen molar-refractivity contribution >= 4 is 11.6 Å². The summed E-state index contributed by atoms with van der Waals surface area (Å²) in [6, 6.07) is 7.51. The molecule has 1 aromatic carbocycles. The minimum Gasteiger partial charge on any atom is -0.399 e. The van der Waals surface area contributed by atoms with Gasteiger partial charge in [0.1, 0.15) is 0 Å². The van der Waals surface area contributed by atoms with Crippen LogP contribution in [0.15, 0.2) is 24.3 Å². The fraction of sp³-hybridized carbons (Fsp3) is 0.588. The highest BCUT2D eigenvalue weighted by molar-refractivity contribution is 5.78. The number of hydrogen-bond acceptors (Lipinski definition) is 2. The van der Waals surface area contributed by atoms with Crippen LogP contribution in [-0.2, 0) is 11.2 Å². The molecular formula is C17H26N2O. The zero-order chi connectivity index (χ0) is 14.2. The van der Waals surface area contributed by atoms with E-state index in [1.165, 1.54) is 38.5 Å². The number of nitrogens with two attached hydrogens (primary N) is 1. The molecule has 1 aliphatic carbocycles. The Morgan fingerprint density at radius 3 is 2.55 bits per heavy atom. The number of hydrogen-bond donors (Lipinski definition) is 2. The second-order valence-electron chi connectivity index (χ2n) is 5.91. The van der Waals surface area contributed by atoms with Gasteiger partial charge in [0.05, 0.1) is 6.42 Å². The molecule has 3 nitrogen and oxygen atoms in total. The molecule has 1 aromatic rings. The van der Waals surface area contributed by atoms with Crippen LogP contribution in [0.5, 0.6) is 0 Å². The largest absolute Gasteiger partial charge is 0.399 e. The number of benzene rings is 1. The lowest BCUT2D eigenvalue weighted by molar-refractivity contribution is -0.120. The van der Waals surface area contributed by atoms with Crippen molar-refractivity contribution in [2.45, 2.75) is 51.4 Å². The number of carbonyl (C=O) groups excluding carboxylic acids is 1. The van der Waals surface area contributed by atoms with E-state index < -0.39 is 0 Å². The highest BCUT2D eigenvalue weighted by Gasteiger charge is 2.12. The highest BCUT2D eigenvalue weighted by Crippen LogP contribution is 2.26. The maximum Gasteiger partial charge on any atom is 0.224 e. The Bertz CT molecular complexity index is 408. The van der Waals surface area contributed by atoms with Crippen LogP contribution in [0.4, 0.5) is 5.69 Å². The molecule has 3 heteroatoms. The summed E-state index contributed by atoms with van der Waals surface area (Å²) in [4.78, 5) is 11.8. The van der Waals surface area contributed by atoms with Crippen molar-refractivity contribution in [3.05, 3.63) is 29.8 Å². The minimum absolute atomic E-state index is 0.110. The van der Waals surface area contributed by atoms with E-state index in [1.54, 1.807) is 0 Å². The van der Waals surface area contributed by atoms with Crippen LogP contribution >= 0.6 is 0 Å². The quantitative estimate of drug-likeness (QED) is 0.618. The van der Waals surface area contributed by atoms with Crippen LogP contribution in [-0.4, -0.2) is 12.5 Å². The van der Waals surface area contributed by atoms with Crippen LogP contribution in [0.2, 0.25) is 0 Å². The molecule has 1 aliphatic rings. The first-order valence-corrected chi connectivity index (χ1v) is 7.85. The third kappa shape index (κ3) is 5.24. The van der Waals surface area contributed by atoms with Gasteiger partial charge in [-0.1, -0.05) is 44.2 Å². The number of anilines is 1. The van der Waals surface area contributed by atoms with Gasteiger partial charge in [-0.2, -0.15) is 0 Å². The Morgan fingerprint density at radius 1 is 1.15 bits per heavy atom. The van der Waals surface area contributed by atoms with E-state index in [9.17, 15) is 4.79 Å². The van der Waals surface area contributed by atoms with Gasteiger partial charge in [0.2, 0.25) is 5.91 Å². The molecular weight excluding hydrogens is 248 g/mol. The summed E-state index contributed by atoms with van der Waals surface area (Å²) >= 11 is 0. The van der Waals surface area contributed by atoms with E-state index in [2.05, 4.69) is 5.32 Å². The van der Waals surface area contributed by atoms with Crippen molar-refractivity contribution in [1.82, 2.24) is 5.32 Å². The van der Waals surface area contributed by atoms with E-state index in [1.807, 2.05) is 24.3 Å². The third-order valence-corrected chi connectivity index (χ3v) is 4.18. The molecule has 0 heterocycles. The Kier molecular flexibility index (Phi) is 5.90. The van der Waals surface area contributed by atoms with E-state index in [0.717, 1.165) is 30.1 Å². The number of nitrogens with one attached hydrogen (secondary N) is 1. The molecule has 0 unspecified atom stereocenters. The zero-order valence-corrected chi connectivity index (χ0v) is 12.2. The summed E-state index contributed by atoms with van der Waals surface area (Å²) < 4.78 is 0. The molecule has 1 saturated carbocycles. The van der Waals surface area contributed by atoms with Crippen molar-refractivity contribution in [1.29, 1.82) is 0 Å². The first-order chi connectivity index (χ1) is 9.74. The fourth-order valence-corrected chi connectivity index (χ4v) is 2.98. The topological polar surface area (TPSA) is 55.1 Å². The van der Waals surface area contributed by atoms with E-state index >= 15 is 0 Å². The number of amides is 1. The van der Waals surface area contributed by atoms with Gasteiger partial charge in [-0.05, 0) is 36.5 Å². The van der Waals surface area contributed by atoms with Crippen molar-refractivity contribution in [3.8, 4) is 0 Å².